The number of ether oxygens (including phenoxy) is 3. The minimum Gasteiger partial charge on any atom is -0.507 e. The Morgan fingerprint density at radius 1 is 1.04 bits per heavy atom. The number of phenolic OH excluding ortho intramolecular Hbond substituents is 1. The van der Waals surface area contributed by atoms with Crippen LogP contribution >= 0.6 is 0 Å². The molecule has 4 bridgehead atoms. The van der Waals surface area contributed by atoms with Crippen LogP contribution in [-0.2, 0) is 19.1 Å². The molecule has 1 amide bonds. The van der Waals surface area contributed by atoms with E-state index in [9.17, 15) is 33.8 Å². The fraction of sp³-hybridized carbons (Fsp3) is 0.405. The van der Waals surface area contributed by atoms with E-state index in [4.69, 9.17) is 18.6 Å². The normalized spacial score (nSPS) is 27.4. The van der Waals surface area contributed by atoms with Crippen molar-refractivity contribution in [1.29, 1.82) is 0 Å². The summed E-state index contributed by atoms with van der Waals surface area (Å²) in [7, 11) is 0. The standard InChI is InChI=1S/C42H45FN2O10/c1-19-11-9-12-22(4)41(51)45-34-36(49)30-29(33-39(34)54-28-18-26(43)17-27(47)32(28)44-33)31-38(24(6)35(30)48)55-42(8,40(31)50)52-14-10-13-21(3)37(53-25(7)46)23(5)16-20(2)15-19/h9-12,14,17-21,23,37,48,50H,13,15-16H2,1-8H3,(H,45,51)/b11-9+,14-10+,22-12-/t19-,20+,21+,23+,37+,42-/m0/s1. The van der Waals surface area contributed by atoms with Gasteiger partial charge in [-0.3, -0.25) is 19.2 Å². The van der Waals surface area contributed by atoms with Crippen molar-refractivity contribution in [2.75, 3.05) is 5.32 Å². The van der Waals surface area contributed by atoms with Gasteiger partial charge in [0.05, 0.1) is 16.9 Å². The number of esters is 1. The van der Waals surface area contributed by atoms with Crippen LogP contribution in [0.5, 0.6) is 11.5 Å². The summed E-state index contributed by atoms with van der Waals surface area (Å²) in [6, 6.07) is 1.65. The van der Waals surface area contributed by atoms with E-state index >= 15 is 0 Å². The maximum atomic E-state index is 14.4. The molecule has 13 heteroatoms. The van der Waals surface area contributed by atoms with Crippen LogP contribution in [0.4, 0.5) is 10.1 Å². The summed E-state index contributed by atoms with van der Waals surface area (Å²) in [6.45, 7) is 14.1. The molecule has 4 aromatic rings. The number of aromatic nitrogens is 1. The molecule has 6 rings (SSSR count). The van der Waals surface area contributed by atoms with Crippen LogP contribution in [0.15, 0.2) is 62.3 Å². The molecular formula is C42H45FN2O10. The summed E-state index contributed by atoms with van der Waals surface area (Å²) in [4.78, 5) is 57.6. The van der Waals surface area contributed by atoms with E-state index in [0.29, 0.717) is 6.42 Å². The van der Waals surface area contributed by atoms with E-state index < -0.39 is 45.6 Å². The third kappa shape index (κ3) is 7.27. The van der Waals surface area contributed by atoms with Crippen molar-refractivity contribution in [3.8, 4) is 11.5 Å². The zero-order valence-electron chi connectivity index (χ0n) is 32.0. The summed E-state index contributed by atoms with van der Waals surface area (Å²) >= 11 is 0. The van der Waals surface area contributed by atoms with Gasteiger partial charge < -0.3 is 34.2 Å². The fourth-order valence-corrected chi connectivity index (χ4v) is 7.76. The van der Waals surface area contributed by atoms with E-state index in [-0.39, 0.29) is 90.8 Å². The van der Waals surface area contributed by atoms with Crippen LogP contribution in [0.25, 0.3) is 38.7 Å². The average molecular weight is 757 g/mol. The number of anilines is 1. The number of amides is 1. The minimum absolute atomic E-state index is 0.0317. The van der Waals surface area contributed by atoms with Crippen molar-refractivity contribution in [2.45, 2.75) is 86.5 Å². The minimum atomic E-state index is -1.87. The number of hydrogen-bond acceptors (Lipinski definition) is 11. The molecule has 0 saturated carbocycles. The van der Waals surface area contributed by atoms with Crippen molar-refractivity contribution >= 4 is 56.3 Å². The monoisotopic (exact) mass is 756 g/mol. The number of carbonyl (C=O) groups is 2. The first-order valence-electron chi connectivity index (χ1n) is 18.3. The topological polar surface area (TPSA) is 174 Å². The second kappa shape index (κ2) is 14.8. The summed E-state index contributed by atoms with van der Waals surface area (Å²) < 4.78 is 38.4. The number of rotatable bonds is 1. The van der Waals surface area contributed by atoms with Crippen LogP contribution < -0.4 is 26.1 Å². The zero-order valence-corrected chi connectivity index (χ0v) is 32.0. The Morgan fingerprint density at radius 3 is 2.47 bits per heavy atom. The Kier molecular flexibility index (Phi) is 10.5. The highest BCUT2D eigenvalue weighted by molar-refractivity contribution is 6.16. The smallest absolute Gasteiger partial charge is 0.307 e. The third-order valence-corrected chi connectivity index (χ3v) is 10.4. The van der Waals surface area contributed by atoms with Crippen LogP contribution in [0.2, 0.25) is 0 Å². The Labute approximate surface area is 316 Å². The van der Waals surface area contributed by atoms with E-state index in [1.807, 2.05) is 13.0 Å². The van der Waals surface area contributed by atoms with E-state index in [1.165, 1.54) is 27.0 Å². The molecule has 0 saturated heterocycles. The largest absolute Gasteiger partial charge is 0.507 e. The summed E-state index contributed by atoms with van der Waals surface area (Å²) in [6.07, 6.45) is 10.1. The van der Waals surface area contributed by atoms with Crippen molar-refractivity contribution in [3.05, 3.63) is 85.3 Å². The molecular weight excluding hydrogens is 711 g/mol. The number of hydrogen-bond donors (Lipinski definition) is 3. The lowest BCUT2D eigenvalue weighted by Gasteiger charge is -2.31. The summed E-state index contributed by atoms with van der Waals surface area (Å²) in [5.74, 6) is -4.54. The molecule has 55 heavy (non-hydrogen) atoms. The Hall–Kier alpha value is -5.72. The van der Waals surface area contributed by atoms with Gasteiger partial charge in [0.2, 0.25) is 10.9 Å². The van der Waals surface area contributed by atoms with E-state index in [0.717, 1.165) is 25.0 Å². The number of benzene rings is 3. The number of aliphatic hydroxyl groups is 1. The maximum absolute atomic E-state index is 14.4. The van der Waals surface area contributed by atoms with Gasteiger partial charge in [-0.1, -0.05) is 45.9 Å². The molecule has 3 aromatic carbocycles. The first-order valence-corrected chi connectivity index (χ1v) is 18.3. The number of nitrogens with one attached hydrogen (secondary N) is 1. The lowest BCUT2D eigenvalue weighted by molar-refractivity contribution is -0.152. The van der Waals surface area contributed by atoms with Crippen LogP contribution in [0.1, 0.15) is 73.3 Å². The predicted molar refractivity (Wildman–Crippen MR) is 206 cm³/mol. The Morgan fingerprint density at radius 2 is 1.76 bits per heavy atom. The maximum Gasteiger partial charge on any atom is 0.307 e. The van der Waals surface area contributed by atoms with Crippen LogP contribution in [0.3, 0.4) is 0 Å². The number of allylic oxidation sites excluding steroid dienone is 4. The van der Waals surface area contributed by atoms with E-state index in [1.54, 1.807) is 25.2 Å². The SMILES string of the molecule is CC(=O)O[C@@H]1[C@H](C)C/C=C/O[C@@]2(C)Oc3c(C)c(O)c4c(=O)c(c5oc6cc(F)cc(=O)c6nc5c4c3=C2O)NC(=O)/C(C)=C\C=C\[C@H](C)C[C@@H](C)C[C@H]1C. The number of carbonyl (C=O) groups excluding carboxylic acids is 2. The number of nitrogens with zero attached hydrogens (tertiary/aromatic N) is 1. The van der Waals surface area contributed by atoms with Gasteiger partial charge in [-0.15, -0.1) is 0 Å². The van der Waals surface area contributed by atoms with E-state index in [2.05, 4.69) is 31.1 Å². The number of aromatic hydroxyl groups is 1. The van der Waals surface area contributed by atoms with Crippen molar-refractivity contribution in [1.82, 2.24) is 4.98 Å². The first kappa shape index (κ1) is 39.0. The third-order valence-electron chi connectivity index (χ3n) is 10.4. The van der Waals surface area contributed by atoms with Gasteiger partial charge in [-0.05, 0) is 62.9 Å². The number of aliphatic hydroxyl groups excluding tert-OH is 1. The molecule has 6 atom stereocenters. The van der Waals surface area contributed by atoms with Gasteiger partial charge in [-0.25, -0.2) is 9.37 Å². The second-order valence-electron chi connectivity index (χ2n) is 15.2. The quantitative estimate of drug-likeness (QED) is 0.102. The zero-order chi connectivity index (χ0) is 40.1. The molecule has 2 aliphatic heterocycles. The molecule has 2 aliphatic rings. The lowest BCUT2D eigenvalue weighted by atomic mass is 9.82. The molecule has 12 nitrogen and oxygen atoms in total. The number of halogens is 1. The van der Waals surface area contributed by atoms with Gasteiger partial charge in [0.1, 0.15) is 34.6 Å². The Balaban J connectivity index is 1.61. The molecule has 3 heterocycles. The predicted octanol–water partition coefficient (Wildman–Crippen LogP) is 7.13. The molecule has 0 radical (unpaired) electrons. The first-order chi connectivity index (χ1) is 25.9. The molecule has 0 unspecified atom stereocenters. The summed E-state index contributed by atoms with van der Waals surface area (Å²) in [5, 5.41) is 25.5. The number of fused-ring (bicyclic) bond motifs is 2. The van der Waals surface area contributed by atoms with Gasteiger partial charge in [0.25, 0.3) is 5.91 Å². The molecule has 290 valence electrons. The fourth-order valence-electron chi connectivity index (χ4n) is 7.76. The van der Waals surface area contributed by atoms with Gasteiger partial charge in [-0.2, -0.15) is 0 Å². The van der Waals surface area contributed by atoms with Crippen molar-refractivity contribution < 1.29 is 42.8 Å². The van der Waals surface area contributed by atoms with Gasteiger partial charge >= 0.3 is 11.8 Å². The highest BCUT2D eigenvalue weighted by Gasteiger charge is 2.43. The molecule has 0 fully saturated rings. The van der Waals surface area contributed by atoms with Crippen molar-refractivity contribution in [2.24, 2.45) is 23.7 Å². The number of phenols is 1. The van der Waals surface area contributed by atoms with Crippen molar-refractivity contribution in [3.63, 3.8) is 0 Å². The van der Waals surface area contributed by atoms with Gasteiger partial charge in [0.15, 0.2) is 22.4 Å². The second-order valence-corrected chi connectivity index (χ2v) is 15.2. The van der Waals surface area contributed by atoms with Gasteiger partial charge in [0, 0.05) is 42.5 Å². The highest BCUT2D eigenvalue weighted by atomic mass is 19.1. The lowest BCUT2D eigenvalue weighted by Crippen LogP contribution is -2.33. The average Bonchev–Trinajstić information content (AvgIpc) is 3.37. The molecule has 3 N–H and O–H groups in total. The molecule has 1 aromatic heterocycles. The Bertz CT molecular complexity index is 2520. The molecule has 0 spiro atoms. The van der Waals surface area contributed by atoms with Crippen LogP contribution in [-0.4, -0.2) is 39.0 Å². The highest BCUT2D eigenvalue weighted by Crippen LogP contribution is 2.42. The van der Waals surface area contributed by atoms with Crippen LogP contribution in [0, 0.1) is 36.4 Å². The molecule has 0 aliphatic carbocycles. The summed E-state index contributed by atoms with van der Waals surface area (Å²) in [5.41, 5.74) is -2.96.